The fourth-order valence-electron chi connectivity index (χ4n) is 3.49. The maximum atomic E-state index is 12.8. The van der Waals surface area contributed by atoms with Crippen molar-refractivity contribution in [3.63, 3.8) is 0 Å². The van der Waals surface area contributed by atoms with Crippen molar-refractivity contribution in [2.75, 3.05) is 17.8 Å². The number of nitrogens with zero attached hydrogens (tertiary/aromatic N) is 4. The first-order valence-corrected chi connectivity index (χ1v) is 11.2. The molecule has 31 heavy (non-hydrogen) atoms. The van der Waals surface area contributed by atoms with Crippen molar-refractivity contribution in [3.05, 3.63) is 54.1 Å². The summed E-state index contributed by atoms with van der Waals surface area (Å²) in [6, 6.07) is 15.1. The smallest absolute Gasteiger partial charge is 0.247 e. The Kier molecular flexibility index (Phi) is 6.36. The molecule has 1 atom stereocenters. The summed E-state index contributed by atoms with van der Waals surface area (Å²) in [6.07, 6.45) is 1.40. The van der Waals surface area contributed by atoms with Crippen LogP contribution in [0, 0.1) is 0 Å². The van der Waals surface area contributed by atoms with E-state index < -0.39 is 6.23 Å². The Balaban J connectivity index is 1.88. The van der Waals surface area contributed by atoms with Gasteiger partial charge in [-0.15, -0.1) is 10.2 Å². The Bertz CT molecular complexity index is 1090. The number of anilines is 1. The normalized spacial score (nSPS) is 14.8. The van der Waals surface area contributed by atoms with Crippen LogP contribution in [0.5, 0.6) is 11.6 Å². The fourth-order valence-corrected chi connectivity index (χ4v) is 4.36. The predicted octanol–water partition coefficient (Wildman–Crippen LogP) is 4.88. The van der Waals surface area contributed by atoms with Gasteiger partial charge in [-0.05, 0) is 24.6 Å². The summed E-state index contributed by atoms with van der Waals surface area (Å²) in [4.78, 5) is 19.1. The molecule has 0 fully saturated rings. The van der Waals surface area contributed by atoms with Crippen LogP contribution in [0.25, 0.3) is 11.3 Å². The summed E-state index contributed by atoms with van der Waals surface area (Å²) in [6.45, 7) is 3.66. The molecule has 0 aliphatic carbocycles. The maximum Gasteiger partial charge on any atom is 0.247 e. The van der Waals surface area contributed by atoms with E-state index in [1.54, 1.807) is 23.8 Å². The zero-order chi connectivity index (χ0) is 21.8. The third kappa shape index (κ3) is 4.20. The summed E-state index contributed by atoms with van der Waals surface area (Å²) in [5.74, 6) is 1.71. The number of amides is 1. The molecule has 0 bridgehead atoms. The van der Waals surface area contributed by atoms with Gasteiger partial charge in [-0.25, -0.2) is 0 Å². The van der Waals surface area contributed by atoms with Crippen LogP contribution >= 0.6 is 11.8 Å². The van der Waals surface area contributed by atoms with E-state index in [1.165, 1.54) is 6.92 Å². The van der Waals surface area contributed by atoms with Crippen LogP contribution in [-0.2, 0) is 4.79 Å². The molecule has 1 unspecified atom stereocenters. The number of carbonyl (C=O) groups is 1. The molecule has 1 aromatic heterocycles. The number of hydrogen-bond donors (Lipinski definition) is 0. The van der Waals surface area contributed by atoms with Crippen molar-refractivity contribution in [2.45, 2.75) is 38.1 Å². The Labute approximate surface area is 185 Å². The van der Waals surface area contributed by atoms with Gasteiger partial charge in [0.15, 0.2) is 5.69 Å². The second-order valence-corrected chi connectivity index (χ2v) is 8.13. The second-order valence-electron chi connectivity index (χ2n) is 7.07. The molecule has 3 aromatic rings. The lowest BCUT2D eigenvalue weighted by Gasteiger charge is -2.30. The molecule has 2 aromatic carbocycles. The van der Waals surface area contributed by atoms with Crippen LogP contribution in [0.1, 0.15) is 38.5 Å². The lowest BCUT2D eigenvalue weighted by Crippen LogP contribution is -2.36. The fraction of sp³-hybridized carbons (Fsp3) is 0.304. The average Bonchev–Trinajstić information content (AvgIpc) is 2.93. The van der Waals surface area contributed by atoms with Gasteiger partial charge in [0.1, 0.15) is 5.75 Å². The summed E-state index contributed by atoms with van der Waals surface area (Å²) in [5.41, 5.74) is 2.67. The Morgan fingerprint density at radius 1 is 1.16 bits per heavy atom. The van der Waals surface area contributed by atoms with Crippen LogP contribution in [-0.4, -0.2) is 34.0 Å². The Hall–Kier alpha value is -3.13. The van der Waals surface area contributed by atoms with E-state index in [-0.39, 0.29) is 5.91 Å². The highest BCUT2D eigenvalue weighted by atomic mass is 32.2. The minimum atomic E-state index is -0.763. The molecular formula is C23H24N4O3S. The zero-order valence-corrected chi connectivity index (χ0v) is 18.6. The van der Waals surface area contributed by atoms with E-state index in [9.17, 15) is 4.79 Å². The summed E-state index contributed by atoms with van der Waals surface area (Å²) in [7, 11) is 1.60. The summed E-state index contributed by atoms with van der Waals surface area (Å²) >= 11 is 1.55. The van der Waals surface area contributed by atoms with Gasteiger partial charge >= 0.3 is 0 Å². The molecule has 1 aliphatic heterocycles. The van der Waals surface area contributed by atoms with E-state index in [0.717, 1.165) is 29.7 Å². The van der Waals surface area contributed by atoms with Crippen LogP contribution in [0.2, 0.25) is 0 Å². The number of methoxy groups -OCH3 is 1. The molecule has 1 amide bonds. The molecule has 1 aliphatic rings. The molecule has 4 rings (SSSR count). The van der Waals surface area contributed by atoms with E-state index >= 15 is 0 Å². The van der Waals surface area contributed by atoms with E-state index in [1.807, 2.05) is 48.5 Å². The monoisotopic (exact) mass is 436 g/mol. The number of ether oxygens (including phenoxy) is 2. The van der Waals surface area contributed by atoms with Gasteiger partial charge < -0.3 is 9.47 Å². The third-order valence-corrected chi connectivity index (χ3v) is 5.91. The summed E-state index contributed by atoms with van der Waals surface area (Å²) < 4.78 is 11.9. The first-order chi connectivity index (χ1) is 15.1. The minimum absolute atomic E-state index is 0.165. The molecule has 7 nitrogen and oxygen atoms in total. The van der Waals surface area contributed by atoms with Crippen molar-refractivity contribution in [1.29, 1.82) is 0 Å². The Morgan fingerprint density at radius 2 is 1.94 bits per heavy atom. The number of carbonyl (C=O) groups excluding carboxylic acids is 1. The number of unbranched alkanes of at least 4 members (excludes halogenated alkanes) is 1. The van der Waals surface area contributed by atoms with Crippen molar-refractivity contribution in [2.24, 2.45) is 0 Å². The zero-order valence-electron chi connectivity index (χ0n) is 17.7. The van der Waals surface area contributed by atoms with Gasteiger partial charge in [-0.1, -0.05) is 55.4 Å². The quantitative estimate of drug-likeness (QED) is 0.402. The second kappa shape index (κ2) is 9.34. The van der Waals surface area contributed by atoms with Gasteiger partial charge in [0.05, 0.1) is 18.4 Å². The first-order valence-electron chi connectivity index (χ1n) is 10.2. The van der Waals surface area contributed by atoms with Gasteiger partial charge in [0.2, 0.25) is 23.2 Å². The van der Waals surface area contributed by atoms with E-state index in [2.05, 4.69) is 22.1 Å². The van der Waals surface area contributed by atoms with E-state index in [0.29, 0.717) is 28.2 Å². The number of thioether (sulfide) groups is 1. The number of aromatic nitrogens is 3. The Morgan fingerprint density at radius 3 is 2.71 bits per heavy atom. The van der Waals surface area contributed by atoms with Crippen molar-refractivity contribution in [3.8, 4) is 22.9 Å². The van der Waals surface area contributed by atoms with Crippen LogP contribution in [0.15, 0.2) is 53.7 Å². The van der Waals surface area contributed by atoms with Gasteiger partial charge in [-0.2, -0.15) is 4.98 Å². The highest BCUT2D eigenvalue weighted by Crippen LogP contribution is 2.44. The molecule has 0 saturated carbocycles. The van der Waals surface area contributed by atoms with Crippen molar-refractivity contribution >= 4 is 23.4 Å². The van der Waals surface area contributed by atoms with Gasteiger partial charge in [0.25, 0.3) is 0 Å². The lowest BCUT2D eigenvalue weighted by molar-refractivity contribution is -0.118. The molecule has 0 spiro atoms. The highest BCUT2D eigenvalue weighted by molar-refractivity contribution is 7.99. The highest BCUT2D eigenvalue weighted by Gasteiger charge is 2.35. The number of para-hydroxylation sites is 2. The SMILES string of the molecule is CCCCSc1nnc2c(n1)OC(c1ccccc1OC)N(C(C)=O)c1ccccc1-2. The molecule has 0 saturated heterocycles. The number of benzene rings is 2. The number of hydrogen-bond acceptors (Lipinski definition) is 7. The third-order valence-electron chi connectivity index (χ3n) is 4.99. The van der Waals surface area contributed by atoms with E-state index in [4.69, 9.17) is 9.47 Å². The van der Waals surface area contributed by atoms with Crippen LogP contribution < -0.4 is 14.4 Å². The van der Waals surface area contributed by atoms with Crippen molar-refractivity contribution in [1.82, 2.24) is 15.2 Å². The lowest BCUT2D eigenvalue weighted by atomic mass is 10.1. The minimum Gasteiger partial charge on any atom is -0.496 e. The maximum absolute atomic E-state index is 12.8. The molecule has 0 radical (unpaired) electrons. The topological polar surface area (TPSA) is 77.4 Å². The first kappa shape index (κ1) is 21.1. The molecular weight excluding hydrogens is 412 g/mol. The molecule has 0 N–H and O–H groups in total. The molecule has 8 heteroatoms. The van der Waals surface area contributed by atoms with Crippen LogP contribution in [0.4, 0.5) is 5.69 Å². The molecule has 2 heterocycles. The van der Waals surface area contributed by atoms with Crippen molar-refractivity contribution < 1.29 is 14.3 Å². The predicted molar refractivity (Wildman–Crippen MR) is 120 cm³/mol. The van der Waals surface area contributed by atoms with Gasteiger partial charge in [-0.3, -0.25) is 9.69 Å². The average molecular weight is 437 g/mol. The standard InChI is InChI=1S/C23H24N4O3S/c1-4-5-14-31-23-24-21-20(25-26-23)16-10-6-8-12-18(16)27(15(2)28)22(30-21)17-11-7-9-13-19(17)29-3/h6-13,22H,4-5,14H2,1-3H3. The number of rotatable bonds is 6. The van der Waals surface area contributed by atoms with Crippen LogP contribution in [0.3, 0.4) is 0 Å². The van der Waals surface area contributed by atoms with Gasteiger partial charge in [0, 0.05) is 18.2 Å². The molecule has 160 valence electrons. The summed E-state index contributed by atoms with van der Waals surface area (Å²) in [5, 5.41) is 9.29. The largest absolute Gasteiger partial charge is 0.496 e. The number of fused-ring (bicyclic) bond motifs is 3.